The molecule has 50 heavy (non-hydrogen) atoms. The summed E-state index contributed by atoms with van der Waals surface area (Å²) in [4.78, 5) is 50.5. The van der Waals surface area contributed by atoms with Gasteiger partial charge in [0.15, 0.2) is 0 Å². The van der Waals surface area contributed by atoms with Crippen molar-refractivity contribution in [3.8, 4) is 5.75 Å². The van der Waals surface area contributed by atoms with Crippen LogP contribution in [0, 0.1) is 25.7 Å². The first-order valence-corrected chi connectivity index (χ1v) is 18.2. The van der Waals surface area contributed by atoms with Crippen LogP contribution in [0.3, 0.4) is 0 Å². The normalized spacial score (nSPS) is 25.6. The van der Waals surface area contributed by atoms with Gasteiger partial charge in [0, 0.05) is 29.2 Å². The molecule has 262 valence electrons. The number of rotatable bonds is 13. The highest BCUT2D eigenvalue weighted by molar-refractivity contribution is 8.02. The molecule has 3 aliphatic rings. The predicted octanol–water partition coefficient (Wildman–Crippen LogP) is 6.66. The number of aryl methyl sites for hydroxylation is 2. The van der Waals surface area contributed by atoms with E-state index in [0.717, 1.165) is 22.4 Å². The van der Waals surface area contributed by atoms with E-state index < -0.39 is 33.4 Å². The Morgan fingerprint density at radius 3 is 2.32 bits per heavy atom. The summed E-state index contributed by atoms with van der Waals surface area (Å²) in [6.45, 7) is 16.5. The number of aliphatic hydroxyl groups excluding tert-OH is 1. The Morgan fingerprint density at radius 1 is 1.00 bits per heavy atom. The summed E-state index contributed by atoms with van der Waals surface area (Å²) < 4.78 is 4.17. The number of anilines is 2. The third-order valence-corrected chi connectivity index (χ3v) is 12.7. The van der Waals surface area contributed by atoms with Crippen LogP contribution in [0.25, 0.3) is 0 Å². The van der Waals surface area contributed by atoms with Crippen molar-refractivity contribution < 1.29 is 24.2 Å². The van der Waals surface area contributed by atoms with E-state index in [-0.39, 0.29) is 37.4 Å². The van der Waals surface area contributed by atoms with Crippen LogP contribution in [0.1, 0.15) is 49.4 Å². The maximum absolute atomic E-state index is 15.3. The van der Waals surface area contributed by atoms with E-state index in [9.17, 15) is 9.90 Å². The van der Waals surface area contributed by atoms with Gasteiger partial charge in [0.25, 0.3) is 5.91 Å². The maximum atomic E-state index is 15.3. The number of hydrogen-bond donors (Lipinski definition) is 1. The highest BCUT2D eigenvalue weighted by atomic mass is 32.2. The molecule has 9 heteroatoms. The Kier molecular flexibility index (Phi) is 10.0. The van der Waals surface area contributed by atoms with Crippen LogP contribution in [0.2, 0.25) is 0 Å². The van der Waals surface area contributed by atoms with Crippen molar-refractivity contribution in [3.63, 3.8) is 0 Å². The zero-order valence-electron chi connectivity index (χ0n) is 29.4. The van der Waals surface area contributed by atoms with Gasteiger partial charge >= 0.3 is 0 Å². The minimum Gasteiger partial charge on any atom is -0.494 e. The van der Waals surface area contributed by atoms with Gasteiger partial charge < -0.3 is 24.5 Å². The second kappa shape index (κ2) is 14.1. The number of aliphatic hydroxyl groups is 1. The van der Waals surface area contributed by atoms with Crippen molar-refractivity contribution in [3.05, 3.63) is 115 Å². The van der Waals surface area contributed by atoms with Gasteiger partial charge in [-0.15, -0.1) is 24.9 Å². The zero-order valence-corrected chi connectivity index (χ0v) is 30.2. The number of hydrogen-bond acceptors (Lipinski definition) is 6. The summed E-state index contributed by atoms with van der Waals surface area (Å²) >= 11 is 1.62. The fraction of sp³-hybridized carbons (Fsp3) is 0.390. The molecule has 6 atom stereocenters. The smallest absolute Gasteiger partial charge is 0.251 e. The van der Waals surface area contributed by atoms with E-state index in [1.54, 1.807) is 38.6 Å². The number of carbonyl (C=O) groups excluding carboxylic acids is 3. The minimum absolute atomic E-state index is 0.172. The largest absolute Gasteiger partial charge is 0.494 e. The number of likely N-dealkylation sites (tertiary alicyclic amines) is 1. The molecular formula is C41H47N3O5S. The minimum atomic E-state index is -0.930. The molecule has 3 amide bonds. The Bertz CT molecular complexity index is 1780. The Balaban J connectivity index is 1.49. The number of carbonyl (C=O) groups is 3. The lowest BCUT2D eigenvalue weighted by molar-refractivity contribution is -0.142. The van der Waals surface area contributed by atoms with Gasteiger partial charge in [0.1, 0.15) is 11.8 Å². The molecule has 6 rings (SSSR count). The van der Waals surface area contributed by atoms with Crippen molar-refractivity contribution >= 4 is 40.9 Å². The second-order valence-corrected chi connectivity index (χ2v) is 15.7. The molecule has 8 nitrogen and oxygen atoms in total. The number of fused-ring (bicyclic) bond motifs is 1. The highest BCUT2D eigenvalue weighted by Crippen LogP contribution is 2.72. The third kappa shape index (κ3) is 5.84. The quantitative estimate of drug-likeness (QED) is 0.202. The monoisotopic (exact) mass is 693 g/mol. The van der Waals surface area contributed by atoms with Crippen LogP contribution in [0.4, 0.5) is 11.4 Å². The van der Waals surface area contributed by atoms with E-state index in [1.807, 2.05) is 93.6 Å². The van der Waals surface area contributed by atoms with E-state index in [1.165, 1.54) is 0 Å². The van der Waals surface area contributed by atoms with Crippen LogP contribution in [0.5, 0.6) is 5.75 Å². The van der Waals surface area contributed by atoms with Gasteiger partial charge in [0.05, 0.1) is 35.8 Å². The standard InChI is InChI=1S/C41H47N3O5S/c1-7-23-42(30-17-19-31(20-18-30)49-9-3)37(46)34-35-38(47)44(33(26-45)29-13-11-10-12-14-29)36(41(35)22-21-40(34,6)50-41)39(48)43(24-8-2)32-25-27(4)15-16-28(32)5/h7-8,10-20,25,33-36,45H,1-2,9,21-24,26H2,3-6H3/t33-,34-,35+,36?,40+,41?/m1/s1. The summed E-state index contributed by atoms with van der Waals surface area (Å²) in [5.41, 5.74) is 4.10. The van der Waals surface area contributed by atoms with Crippen molar-refractivity contribution in [1.82, 2.24) is 4.90 Å². The van der Waals surface area contributed by atoms with E-state index >= 15 is 9.59 Å². The van der Waals surface area contributed by atoms with E-state index in [4.69, 9.17) is 4.74 Å². The molecule has 3 aromatic carbocycles. The number of thioether (sulfide) groups is 1. The molecule has 3 aliphatic heterocycles. The highest BCUT2D eigenvalue weighted by Gasteiger charge is 2.78. The fourth-order valence-corrected chi connectivity index (χ4v) is 10.8. The van der Waals surface area contributed by atoms with Gasteiger partial charge in [0.2, 0.25) is 11.8 Å². The van der Waals surface area contributed by atoms with Gasteiger partial charge in [-0.05, 0) is 87.6 Å². The second-order valence-electron chi connectivity index (χ2n) is 13.8. The lowest BCUT2D eigenvalue weighted by Crippen LogP contribution is -2.56. The van der Waals surface area contributed by atoms with Crippen molar-refractivity contribution in [2.24, 2.45) is 11.8 Å². The van der Waals surface area contributed by atoms with E-state index in [2.05, 4.69) is 20.1 Å². The van der Waals surface area contributed by atoms with Gasteiger partial charge in [-0.2, -0.15) is 0 Å². The Labute approximate surface area is 299 Å². The fourth-order valence-electron chi connectivity index (χ4n) is 8.49. The first-order chi connectivity index (χ1) is 24.0. The number of amides is 3. The molecule has 3 fully saturated rings. The summed E-state index contributed by atoms with van der Waals surface area (Å²) in [7, 11) is 0. The zero-order chi connectivity index (χ0) is 35.8. The number of ether oxygens (including phenoxy) is 1. The third-order valence-electron chi connectivity index (χ3n) is 10.7. The van der Waals surface area contributed by atoms with Crippen LogP contribution in [0.15, 0.2) is 98.1 Å². The lowest BCUT2D eigenvalue weighted by Gasteiger charge is -2.40. The molecule has 3 saturated heterocycles. The molecule has 0 radical (unpaired) electrons. The molecule has 2 bridgehead atoms. The first kappa shape index (κ1) is 35.5. The van der Waals surface area contributed by atoms with Gasteiger partial charge in [-0.1, -0.05) is 54.6 Å². The Morgan fingerprint density at radius 2 is 1.68 bits per heavy atom. The SMILES string of the molecule is C=CCN(C(=O)[C@H]1[C@H]2C(=O)N([C@H](CO)c3ccccc3)C(C(=O)N(CC=C)c3cc(C)ccc3C)C23CC[C@]1(C)S3)c1ccc(OCC)cc1. The van der Waals surface area contributed by atoms with Crippen molar-refractivity contribution in [2.75, 3.05) is 36.1 Å². The van der Waals surface area contributed by atoms with Gasteiger partial charge in [-0.3, -0.25) is 14.4 Å². The summed E-state index contributed by atoms with van der Waals surface area (Å²) in [6.07, 6.45) is 4.65. The average molecular weight is 694 g/mol. The van der Waals surface area contributed by atoms with Crippen molar-refractivity contribution in [2.45, 2.75) is 62.1 Å². The Hall–Kier alpha value is -4.34. The van der Waals surface area contributed by atoms with Gasteiger partial charge in [-0.25, -0.2) is 0 Å². The summed E-state index contributed by atoms with van der Waals surface area (Å²) in [6, 6.07) is 21.0. The lowest BCUT2D eigenvalue weighted by atomic mass is 9.66. The molecule has 1 N–H and O–H groups in total. The first-order valence-electron chi connectivity index (χ1n) is 17.4. The van der Waals surface area contributed by atoms with Crippen molar-refractivity contribution in [1.29, 1.82) is 0 Å². The van der Waals surface area contributed by atoms with Crippen LogP contribution >= 0.6 is 11.8 Å². The predicted molar refractivity (Wildman–Crippen MR) is 200 cm³/mol. The molecular weight excluding hydrogens is 647 g/mol. The summed E-state index contributed by atoms with van der Waals surface area (Å²) in [5.74, 6) is -1.45. The summed E-state index contributed by atoms with van der Waals surface area (Å²) in [5, 5.41) is 11.0. The topological polar surface area (TPSA) is 90.4 Å². The van der Waals surface area contributed by atoms with Crippen LogP contribution < -0.4 is 14.5 Å². The van der Waals surface area contributed by atoms with Crippen LogP contribution in [-0.2, 0) is 14.4 Å². The number of benzene rings is 3. The molecule has 0 saturated carbocycles. The average Bonchev–Trinajstić information content (AvgIpc) is 3.69. The molecule has 0 aliphatic carbocycles. The number of nitrogens with zero attached hydrogens (tertiary/aromatic N) is 3. The molecule has 3 aromatic rings. The van der Waals surface area contributed by atoms with Crippen LogP contribution in [-0.4, -0.2) is 69.6 Å². The molecule has 1 spiro atoms. The molecule has 0 aromatic heterocycles. The van der Waals surface area contributed by atoms with E-state index in [0.29, 0.717) is 30.9 Å². The maximum Gasteiger partial charge on any atom is 0.251 e. The molecule has 2 unspecified atom stereocenters. The molecule has 3 heterocycles.